The Labute approximate surface area is 162 Å². The fourth-order valence-electron chi connectivity index (χ4n) is 2.78. The quantitative estimate of drug-likeness (QED) is 0.593. The summed E-state index contributed by atoms with van der Waals surface area (Å²) >= 11 is 5.91. The van der Waals surface area contributed by atoms with Crippen molar-refractivity contribution in [2.45, 2.75) is 25.2 Å². The number of anilines is 2. The monoisotopic (exact) mass is 406 g/mol. The third-order valence-corrected chi connectivity index (χ3v) is 5.77. The zero-order chi connectivity index (χ0) is 19.6. The fourth-order valence-corrected chi connectivity index (χ4v) is 4.30. The average Bonchev–Trinajstić information content (AvgIpc) is 2.61. The molecule has 0 saturated carbocycles. The van der Waals surface area contributed by atoms with Crippen molar-refractivity contribution in [2.24, 2.45) is 0 Å². The molecular formula is C19H19ClN2O4S. The van der Waals surface area contributed by atoms with Crippen LogP contribution in [0.4, 0.5) is 11.4 Å². The van der Waals surface area contributed by atoms with Crippen molar-refractivity contribution < 1.29 is 12.8 Å². The Morgan fingerprint density at radius 3 is 2.56 bits per heavy atom. The van der Waals surface area contributed by atoms with Gasteiger partial charge in [-0.3, -0.25) is 4.72 Å². The second kappa shape index (κ2) is 7.62. The van der Waals surface area contributed by atoms with E-state index < -0.39 is 15.6 Å². The highest BCUT2D eigenvalue weighted by molar-refractivity contribution is 7.92. The van der Waals surface area contributed by atoms with Gasteiger partial charge in [0.15, 0.2) is 5.69 Å². The molecule has 0 saturated heterocycles. The largest absolute Gasteiger partial charge is 0.421 e. The van der Waals surface area contributed by atoms with Gasteiger partial charge in [0.25, 0.3) is 10.0 Å². The van der Waals surface area contributed by atoms with Crippen LogP contribution < -0.4 is 15.7 Å². The molecule has 3 rings (SSSR count). The number of sulfonamides is 1. The van der Waals surface area contributed by atoms with Crippen LogP contribution in [0.2, 0.25) is 5.02 Å². The minimum absolute atomic E-state index is 0.0425. The minimum atomic E-state index is -4.01. The van der Waals surface area contributed by atoms with Crippen molar-refractivity contribution in [3.05, 3.63) is 63.5 Å². The highest BCUT2D eigenvalue weighted by Crippen LogP contribution is 2.30. The summed E-state index contributed by atoms with van der Waals surface area (Å²) < 4.78 is 33.5. The van der Waals surface area contributed by atoms with Crippen molar-refractivity contribution in [2.75, 3.05) is 16.6 Å². The maximum absolute atomic E-state index is 12.9. The van der Waals surface area contributed by atoms with Crippen LogP contribution in [-0.4, -0.2) is 15.0 Å². The summed E-state index contributed by atoms with van der Waals surface area (Å²) in [5.74, 6) is 0. The van der Waals surface area contributed by atoms with Gasteiger partial charge in [-0.25, -0.2) is 13.2 Å². The zero-order valence-electron chi connectivity index (χ0n) is 14.9. The van der Waals surface area contributed by atoms with Crippen LogP contribution in [0.1, 0.15) is 18.9 Å². The minimum Gasteiger partial charge on any atom is -0.421 e. The molecule has 2 aromatic carbocycles. The van der Waals surface area contributed by atoms with Crippen molar-refractivity contribution in [3.63, 3.8) is 0 Å². The van der Waals surface area contributed by atoms with Gasteiger partial charge in [-0.15, -0.1) is 0 Å². The molecule has 0 fully saturated rings. The topological polar surface area (TPSA) is 88.4 Å². The summed E-state index contributed by atoms with van der Waals surface area (Å²) in [5, 5.41) is 4.19. The Balaban J connectivity index is 2.15. The van der Waals surface area contributed by atoms with Crippen molar-refractivity contribution in [1.29, 1.82) is 0 Å². The van der Waals surface area contributed by atoms with Gasteiger partial charge >= 0.3 is 5.63 Å². The number of hydrogen-bond donors (Lipinski definition) is 2. The number of para-hydroxylation sites is 1. The maximum Gasteiger partial charge on any atom is 0.363 e. The number of aryl methyl sites for hydroxylation is 1. The Bertz CT molecular complexity index is 1160. The molecule has 1 aromatic heterocycles. The van der Waals surface area contributed by atoms with Gasteiger partial charge in [-0.05, 0) is 49.2 Å². The molecule has 8 heteroatoms. The third-order valence-electron chi connectivity index (χ3n) is 4.03. The van der Waals surface area contributed by atoms with Crippen LogP contribution in [-0.2, 0) is 10.0 Å². The van der Waals surface area contributed by atoms with Gasteiger partial charge in [-0.1, -0.05) is 30.7 Å². The molecule has 0 aliphatic heterocycles. The first-order chi connectivity index (χ1) is 12.8. The molecule has 0 radical (unpaired) electrons. The third kappa shape index (κ3) is 3.94. The molecule has 6 nitrogen and oxygen atoms in total. The lowest BCUT2D eigenvalue weighted by Crippen LogP contribution is -2.21. The SMILES string of the molecule is CCCNc1c(NS(=O)(=O)c2ccc(Cl)cc2C)c(=O)oc2ccccc12. The van der Waals surface area contributed by atoms with E-state index >= 15 is 0 Å². The summed E-state index contributed by atoms with van der Waals surface area (Å²) in [5.41, 5.74) is 0.354. The smallest absolute Gasteiger partial charge is 0.363 e. The van der Waals surface area contributed by atoms with Crippen molar-refractivity contribution in [1.82, 2.24) is 0 Å². The molecular weight excluding hydrogens is 388 g/mol. The number of fused-ring (bicyclic) bond motifs is 1. The van der Waals surface area contributed by atoms with E-state index in [2.05, 4.69) is 10.0 Å². The predicted molar refractivity (Wildman–Crippen MR) is 108 cm³/mol. The summed E-state index contributed by atoms with van der Waals surface area (Å²) in [7, 11) is -4.01. The van der Waals surface area contributed by atoms with Crippen LogP contribution in [0.3, 0.4) is 0 Å². The molecule has 3 aromatic rings. The Kier molecular flexibility index (Phi) is 5.43. The standard InChI is InChI=1S/C19H19ClN2O4S/c1-3-10-21-17-14-6-4-5-7-15(14)26-19(23)18(17)22-27(24,25)16-9-8-13(20)11-12(16)2/h4-9,11,21-22H,3,10H2,1-2H3. The van der Waals surface area contributed by atoms with Gasteiger partial charge in [0.2, 0.25) is 0 Å². The van der Waals surface area contributed by atoms with E-state index in [0.29, 0.717) is 33.8 Å². The second-order valence-electron chi connectivity index (χ2n) is 6.08. The maximum atomic E-state index is 12.9. The highest BCUT2D eigenvalue weighted by atomic mass is 35.5. The number of halogens is 1. The van der Waals surface area contributed by atoms with E-state index in [-0.39, 0.29) is 10.6 Å². The molecule has 0 aliphatic carbocycles. The van der Waals surface area contributed by atoms with Gasteiger partial charge in [0.05, 0.1) is 10.6 Å². The van der Waals surface area contributed by atoms with Crippen LogP contribution in [0.25, 0.3) is 11.0 Å². The Morgan fingerprint density at radius 2 is 1.85 bits per heavy atom. The van der Waals surface area contributed by atoms with Gasteiger partial charge in [0, 0.05) is 17.0 Å². The number of rotatable bonds is 6. The van der Waals surface area contributed by atoms with Crippen LogP contribution in [0.5, 0.6) is 0 Å². The van der Waals surface area contributed by atoms with E-state index in [1.54, 1.807) is 37.3 Å². The Morgan fingerprint density at radius 1 is 1.11 bits per heavy atom. The first kappa shape index (κ1) is 19.3. The van der Waals surface area contributed by atoms with Crippen molar-refractivity contribution >= 4 is 44.0 Å². The molecule has 0 amide bonds. The summed E-state index contributed by atoms with van der Waals surface area (Å²) in [6.45, 7) is 4.18. The lowest BCUT2D eigenvalue weighted by Gasteiger charge is -2.15. The molecule has 1 heterocycles. The van der Waals surface area contributed by atoms with Crippen LogP contribution in [0.15, 0.2) is 56.6 Å². The van der Waals surface area contributed by atoms with Gasteiger partial charge < -0.3 is 9.73 Å². The summed E-state index contributed by atoms with van der Waals surface area (Å²) in [6.07, 6.45) is 0.803. The molecule has 0 bridgehead atoms. The normalized spacial score (nSPS) is 11.5. The van der Waals surface area contributed by atoms with Gasteiger partial charge in [0.1, 0.15) is 5.58 Å². The molecule has 0 spiro atoms. The molecule has 142 valence electrons. The predicted octanol–water partition coefficient (Wildman–Crippen LogP) is 4.38. The molecule has 0 aliphatic rings. The lowest BCUT2D eigenvalue weighted by molar-refractivity contribution is 0.563. The first-order valence-electron chi connectivity index (χ1n) is 8.42. The van der Waals surface area contributed by atoms with Crippen LogP contribution >= 0.6 is 11.6 Å². The van der Waals surface area contributed by atoms with E-state index in [0.717, 1.165) is 6.42 Å². The first-order valence-corrected chi connectivity index (χ1v) is 10.3. The zero-order valence-corrected chi connectivity index (χ0v) is 16.4. The highest BCUT2D eigenvalue weighted by Gasteiger charge is 2.23. The fraction of sp³-hybridized carbons (Fsp3) is 0.211. The molecule has 0 atom stereocenters. The molecule has 0 unspecified atom stereocenters. The van der Waals surface area contributed by atoms with Crippen LogP contribution in [0, 0.1) is 6.92 Å². The van der Waals surface area contributed by atoms with Crippen molar-refractivity contribution in [3.8, 4) is 0 Å². The van der Waals surface area contributed by atoms with Gasteiger partial charge in [-0.2, -0.15) is 0 Å². The lowest BCUT2D eigenvalue weighted by atomic mass is 10.2. The number of benzene rings is 2. The average molecular weight is 407 g/mol. The summed E-state index contributed by atoms with van der Waals surface area (Å²) in [4.78, 5) is 12.6. The van der Waals surface area contributed by atoms with E-state index in [1.165, 1.54) is 12.1 Å². The van der Waals surface area contributed by atoms with E-state index in [9.17, 15) is 13.2 Å². The molecule has 2 N–H and O–H groups in total. The Hall–Kier alpha value is -2.51. The molecule has 27 heavy (non-hydrogen) atoms. The van der Waals surface area contributed by atoms with E-state index in [4.69, 9.17) is 16.0 Å². The number of hydrogen-bond acceptors (Lipinski definition) is 5. The second-order valence-corrected chi connectivity index (χ2v) is 8.17. The number of nitrogens with one attached hydrogen (secondary N) is 2. The van der Waals surface area contributed by atoms with E-state index in [1.807, 2.05) is 6.92 Å². The summed E-state index contributed by atoms with van der Waals surface area (Å²) in [6, 6.07) is 11.4.